The largest absolute Gasteiger partial charge is 0.480 e. The molecule has 12 heteroatoms. The zero-order valence-electron chi connectivity index (χ0n) is 27.6. The number of nitrogens with zero attached hydrogens (tertiary/aromatic N) is 3. The number of hydrogen-bond acceptors (Lipinski definition) is 8. The summed E-state index contributed by atoms with van der Waals surface area (Å²) in [4.78, 5) is 34.3. The van der Waals surface area contributed by atoms with Gasteiger partial charge in [-0.15, -0.1) is 0 Å². The molecule has 2 aromatic heterocycles. The third-order valence-corrected chi connectivity index (χ3v) is 9.53. The molecule has 2 aliphatic rings. The van der Waals surface area contributed by atoms with Gasteiger partial charge in [-0.3, -0.25) is 14.5 Å². The zero-order chi connectivity index (χ0) is 34.9. The highest BCUT2D eigenvalue weighted by molar-refractivity contribution is 5.83. The second kappa shape index (κ2) is 13.9. The fraction of sp³-hybridized carbons (Fsp3) is 0.316. The molecule has 2 atom stereocenters. The van der Waals surface area contributed by atoms with E-state index in [9.17, 15) is 23.5 Å². The fourth-order valence-electron chi connectivity index (χ4n) is 6.95. The first-order valence-corrected chi connectivity index (χ1v) is 16.6. The van der Waals surface area contributed by atoms with E-state index in [1.54, 1.807) is 17.2 Å². The number of aromatic nitrogens is 2. The fourth-order valence-corrected chi connectivity index (χ4v) is 6.95. The van der Waals surface area contributed by atoms with Crippen molar-refractivity contribution >= 4 is 23.0 Å². The maximum absolute atomic E-state index is 13.4. The first kappa shape index (κ1) is 33.2. The lowest BCUT2D eigenvalue weighted by atomic mass is 9.93. The van der Waals surface area contributed by atoms with Crippen LogP contribution in [-0.2, 0) is 22.6 Å². The Morgan fingerprint density at radius 2 is 1.82 bits per heavy atom. The van der Waals surface area contributed by atoms with Crippen molar-refractivity contribution in [3.8, 4) is 40.0 Å². The molecular weight excluding hydrogens is 646 g/mol. The molecule has 7 rings (SSSR count). The molecule has 0 radical (unpaired) electrons. The number of carboxylic acid groups (broad SMARTS) is 1. The number of alkyl halides is 2. The summed E-state index contributed by atoms with van der Waals surface area (Å²) in [5.41, 5.74) is 6.57. The van der Waals surface area contributed by atoms with Crippen molar-refractivity contribution < 1.29 is 37.4 Å². The topological polar surface area (TPSA) is 127 Å². The van der Waals surface area contributed by atoms with E-state index in [-0.39, 0.29) is 29.8 Å². The Bertz CT molecular complexity index is 2060. The van der Waals surface area contributed by atoms with E-state index in [2.05, 4.69) is 10.3 Å². The van der Waals surface area contributed by atoms with Gasteiger partial charge >= 0.3 is 12.6 Å². The summed E-state index contributed by atoms with van der Waals surface area (Å²) in [6, 6.07) is 17.9. The van der Waals surface area contributed by atoms with Crippen LogP contribution in [0.3, 0.4) is 0 Å². The van der Waals surface area contributed by atoms with Gasteiger partial charge in [-0.2, -0.15) is 8.78 Å². The highest BCUT2D eigenvalue weighted by Crippen LogP contribution is 2.39. The number of amides is 1. The number of rotatable bonds is 11. The molecule has 2 fully saturated rings. The molecule has 5 aromatic rings. The smallest absolute Gasteiger partial charge is 0.387 e. The predicted molar refractivity (Wildman–Crippen MR) is 181 cm³/mol. The minimum atomic E-state index is -3.06. The molecule has 258 valence electrons. The van der Waals surface area contributed by atoms with Crippen LogP contribution in [0.25, 0.3) is 33.7 Å². The summed E-state index contributed by atoms with van der Waals surface area (Å²) in [5, 5.41) is 12.6. The van der Waals surface area contributed by atoms with Gasteiger partial charge in [0, 0.05) is 48.5 Å². The molecule has 10 nitrogen and oxygen atoms in total. The summed E-state index contributed by atoms with van der Waals surface area (Å²) in [6.07, 6.45) is 5.08. The molecule has 4 heterocycles. The van der Waals surface area contributed by atoms with E-state index < -0.39 is 18.6 Å². The number of hydrogen-bond donors (Lipinski definition) is 2. The molecule has 0 spiro atoms. The van der Waals surface area contributed by atoms with Crippen LogP contribution in [-0.4, -0.2) is 57.1 Å². The second-order valence-corrected chi connectivity index (χ2v) is 12.8. The summed E-state index contributed by atoms with van der Waals surface area (Å²) in [7, 11) is 0. The molecule has 0 saturated carbocycles. The molecule has 0 bridgehead atoms. The molecule has 2 aliphatic heterocycles. The van der Waals surface area contributed by atoms with Gasteiger partial charge in [0.2, 0.25) is 17.7 Å². The number of carboxylic acids is 1. The Hall–Kier alpha value is -5.36. The lowest BCUT2D eigenvalue weighted by molar-refractivity contribution is -0.142. The molecule has 2 saturated heterocycles. The van der Waals surface area contributed by atoms with Gasteiger partial charge in [0.1, 0.15) is 23.1 Å². The van der Waals surface area contributed by atoms with Crippen LogP contribution in [0.4, 0.5) is 8.78 Å². The van der Waals surface area contributed by atoms with Crippen molar-refractivity contribution in [2.24, 2.45) is 0 Å². The van der Waals surface area contributed by atoms with Gasteiger partial charge in [-0.1, -0.05) is 30.3 Å². The van der Waals surface area contributed by atoms with Crippen LogP contribution < -0.4 is 14.8 Å². The molecular formula is C38H36F2N4O6. The standard InChI is InChI=1S/C38H36F2N4O6/c1-21-26(27-7-4-10-31(22(27)2)48-35-14-11-23(19-41-35)16-25-12-13-34(45)42-25)6-3-8-28(21)36-43-29-17-24(20-44-15-5-9-30(44)37(46)47)32(50-38(39)40)18-33(29)49-36/h3-4,6-8,10-11,14,17-19,25,30,38H,5,9,12-13,15-16,20H2,1-2H3,(H,42,45)(H,46,47)/t25-,30-/m0/s1. The maximum atomic E-state index is 13.4. The van der Waals surface area contributed by atoms with E-state index in [1.165, 1.54) is 6.07 Å². The Labute approximate surface area is 287 Å². The van der Waals surface area contributed by atoms with Gasteiger partial charge < -0.3 is 24.3 Å². The highest BCUT2D eigenvalue weighted by atomic mass is 19.3. The van der Waals surface area contributed by atoms with Crippen molar-refractivity contribution in [2.45, 2.75) is 71.2 Å². The van der Waals surface area contributed by atoms with Gasteiger partial charge in [-0.05, 0) is 92.1 Å². The minimum Gasteiger partial charge on any atom is -0.480 e. The van der Waals surface area contributed by atoms with Crippen molar-refractivity contribution in [3.05, 3.63) is 89.1 Å². The number of likely N-dealkylation sites (tertiary alicyclic amines) is 1. The molecule has 50 heavy (non-hydrogen) atoms. The quantitative estimate of drug-likeness (QED) is 0.146. The van der Waals surface area contributed by atoms with E-state index in [1.807, 2.05) is 62.4 Å². The van der Waals surface area contributed by atoms with Crippen molar-refractivity contribution in [1.82, 2.24) is 20.2 Å². The van der Waals surface area contributed by atoms with Crippen LogP contribution in [0.15, 0.2) is 71.3 Å². The predicted octanol–water partition coefficient (Wildman–Crippen LogP) is 7.44. The van der Waals surface area contributed by atoms with Crippen LogP contribution in [0.5, 0.6) is 17.4 Å². The number of halogens is 2. The van der Waals surface area contributed by atoms with Gasteiger partial charge in [0.25, 0.3) is 0 Å². The van der Waals surface area contributed by atoms with Crippen molar-refractivity contribution in [1.29, 1.82) is 0 Å². The molecule has 3 aromatic carbocycles. The second-order valence-electron chi connectivity index (χ2n) is 12.8. The SMILES string of the molecule is Cc1c(Oc2ccc(C[C@@H]3CCC(=O)N3)cn2)cccc1-c1cccc(-c2nc3cc(CN4CCC[C@H]4C(=O)O)c(OC(F)F)cc3o2)c1C. The summed E-state index contributed by atoms with van der Waals surface area (Å²) in [6.45, 7) is 1.55. The minimum absolute atomic E-state index is 0.0735. The molecule has 0 aliphatic carbocycles. The number of ether oxygens (including phenoxy) is 2. The normalized spacial score (nSPS) is 17.8. The van der Waals surface area contributed by atoms with E-state index in [0.717, 1.165) is 46.2 Å². The zero-order valence-corrected chi connectivity index (χ0v) is 27.6. The number of benzene rings is 3. The summed E-state index contributed by atoms with van der Waals surface area (Å²) < 4.78 is 44.0. The number of oxazole rings is 1. The molecule has 0 unspecified atom stereocenters. The lowest BCUT2D eigenvalue weighted by Crippen LogP contribution is -2.35. The van der Waals surface area contributed by atoms with Crippen molar-refractivity contribution in [3.63, 3.8) is 0 Å². The van der Waals surface area contributed by atoms with E-state index >= 15 is 0 Å². The first-order chi connectivity index (χ1) is 24.1. The van der Waals surface area contributed by atoms with Crippen LogP contribution in [0, 0.1) is 13.8 Å². The van der Waals surface area contributed by atoms with Gasteiger partial charge in [-0.25, -0.2) is 9.97 Å². The van der Waals surface area contributed by atoms with Crippen LogP contribution in [0.1, 0.15) is 47.9 Å². The Kier molecular flexibility index (Phi) is 9.20. The average Bonchev–Trinajstić information content (AvgIpc) is 3.83. The van der Waals surface area contributed by atoms with E-state index in [0.29, 0.717) is 54.4 Å². The Balaban J connectivity index is 1.15. The molecule has 1 amide bonds. The Morgan fingerprint density at radius 3 is 2.54 bits per heavy atom. The van der Waals surface area contributed by atoms with E-state index in [4.69, 9.17) is 18.9 Å². The Morgan fingerprint density at radius 1 is 1.04 bits per heavy atom. The monoisotopic (exact) mass is 682 g/mol. The number of fused-ring (bicyclic) bond motifs is 1. The number of carbonyl (C=O) groups is 2. The first-order valence-electron chi connectivity index (χ1n) is 16.6. The van der Waals surface area contributed by atoms with Crippen molar-refractivity contribution in [2.75, 3.05) is 6.54 Å². The average molecular weight is 683 g/mol. The number of carbonyl (C=O) groups excluding carboxylic acids is 1. The summed E-state index contributed by atoms with van der Waals surface area (Å²) >= 11 is 0. The summed E-state index contributed by atoms with van der Waals surface area (Å²) in [5.74, 6) is 0.500. The number of aliphatic carboxylic acids is 1. The van der Waals surface area contributed by atoms with Gasteiger partial charge in [0.05, 0.1) is 0 Å². The maximum Gasteiger partial charge on any atom is 0.387 e. The number of pyridine rings is 1. The third-order valence-electron chi connectivity index (χ3n) is 9.53. The molecule has 2 N–H and O–H groups in total. The third kappa shape index (κ3) is 6.88. The van der Waals surface area contributed by atoms with Crippen LogP contribution >= 0.6 is 0 Å². The van der Waals surface area contributed by atoms with Crippen LogP contribution in [0.2, 0.25) is 0 Å². The lowest BCUT2D eigenvalue weighted by Gasteiger charge is -2.22. The number of nitrogens with one attached hydrogen (secondary N) is 1. The van der Waals surface area contributed by atoms with Gasteiger partial charge in [0.15, 0.2) is 5.58 Å². The highest BCUT2D eigenvalue weighted by Gasteiger charge is 2.31.